The van der Waals surface area contributed by atoms with Gasteiger partial charge in [0, 0.05) is 153 Å². The third-order valence-corrected chi connectivity index (χ3v) is 23.8. The van der Waals surface area contributed by atoms with Crippen molar-refractivity contribution in [1.82, 2.24) is 59.8 Å². The Morgan fingerprint density at radius 2 is 1.06 bits per heavy atom. The Morgan fingerprint density at radius 1 is 0.543 bits per heavy atom. The van der Waals surface area contributed by atoms with Crippen molar-refractivity contribution in [3.8, 4) is 12.1 Å². The van der Waals surface area contributed by atoms with E-state index < -0.39 is 52.3 Å². The van der Waals surface area contributed by atoms with Gasteiger partial charge in [0.25, 0.3) is 11.8 Å². The van der Waals surface area contributed by atoms with Crippen LogP contribution >= 0.6 is 0 Å². The van der Waals surface area contributed by atoms with Gasteiger partial charge in [-0.3, -0.25) is 9.97 Å². The first-order valence-electron chi connectivity index (χ1n) is 38.5. The van der Waals surface area contributed by atoms with Crippen LogP contribution in [0.1, 0.15) is 213 Å². The Bertz CT molecular complexity index is 4770. The molecule has 0 spiro atoms. The number of nitrogens with zero attached hydrogens (tertiary/aromatic N) is 15. The van der Waals surface area contributed by atoms with Gasteiger partial charge in [-0.15, -0.1) is 0 Å². The molecule has 4 fully saturated rings. The average Bonchev–Trinajstić information content (AvgIpc) is 0.776. The van der Waals surface area contributed by atoms with Crippen LogP contribution in [0.2, 0.25) is 0 Å². The molecule has 24 nitrogen and oxygen atoms in total. The first-order chi connectivity index (χ1) is 54.3. The van der Waals surface area contributed by atoms with Gasteiger partial charge in [-0.05, 0) is 120 Å². The van der Waals surface area contributed by atoms with Gasteiger partial charge < -0.3 is 47.1 Å². The van der Waals surface area contributed by atoms with Gasteiger partial charge in [-0.1, -0.05) is 89.2 Å². The first kappa shape index (κ1) is 89.7. The lowest BCUT2D eigenvalue weighted by Gasteiger charge is -2.52. The summed E-state index contributed by atoms with van der Waals surface area (Å²) < 4.78 is 136. The van der Waals surface area contributed by atoms with Crippen molar-refractivity contribution < 1.29 is 64.0 Å². The molecule has 624 valence electrons. The normalized spacial score (nSPS) is 20.8. The van der Waals surface area contributed by atoms with Crippen molar-refractivity contribution in [3.63, 3.8) is 0 Å². The van der Waals surface area contributed by atoms with E-state index in [1.807, 2.05) is 32.2 Å². The summed E-state index contributed by atoms with van der Waals surface area (Å²) in [6.07, 6.45) is 8.93. The van der Waals surface area contributed by atoms with Crippen molar-refractivity contribution in [2.24, 2.45) is 45.3 Å². The number of aryl methyl sites for hydroxylation is 5. The quantitative estimate of drug-likeness (QED) is 0.0142. The molecule has 0 unspecified atom stereocenters. The lowest BCUT2D eigenvalue weighted by Crippen LogP contribution is -2.57. The molecule has 34 heteroatoms. The van der Waals surface area contributed by atoms with Crippen molar-refractivity contribution in [2.45, 2.75) is 229 Å². The average molecular weight is 1620 g/mol. The van der Waals surface area contributed by atoms with E-state index in [0.29, 0.717) is 102 Å². The van der Waals surface area contributed by atoms with Crippen molar-refractivity contribution in [3.05, 3.63) is 182 Å². The molecule has 8 atom stereocenters. The van der Waals surface area contributed by atoms with Crippen LogP contribution in [-0.2, 0) is 75.8 Å². The third kappa shape index (κ3) is 21.5. The minimum atomic E-state index is -4.68. The van der Waals surface area contributed by atoms with Crippen LogP contribution in [0.25, 0.3) is 0 Å². The van der Waals surface area contributed by atoms with Crippen LogP contribution in [0.4, 0.5) is 73.3 Å². The fourth-order valence-corrected chi connectivity index (χ4v) is 14.8. The van der Waals surface area contributed by atoms with E-state index in [9.17, 15) is 75.0 Å². The fourth-order valence-electron chi connectivity index (χ4n) is 14.8. The number of aromatic nitrogens is 13. The van der Waals surface area contributed by atoms with Crippen LogP contribution in [-0.4, -0.2) is 113 Å². The van der Waals surface area contributed by atoms with Crippen molar-refractivity contribution >= 4 is 29.4 Å². The maximum Gasteiger partial charge on any atom is 0.421 e. The number of aliphatic hydroxyl groups is 3. The summed E-state index contributed by atoms with van der Waals surface area (Å²) in [4.78, 5) is 50.1. The van der Waals surface area contributed by atoms with Crippen LogP contribution in [0.3, 0.4) is 0 Å². The van der Waals surface area contributed by atoms with Crippen molar-refractivity contribution in [1.29, 1.82) is 10.5 Å². The maximum atomic E-state index is 13.8. The smallest absolute Gasteiger partial charge is 0.421 e. The second kappa shape index (κ2) is 36.5. The summed E-state index contributed by atoms with van der Waals surface area (Å²) >= 11 is 0. The molecule has 0 radical (unpaired) electrons. The van der Waals surface area contributed by atoms with Gasteiger partial charge in [0.2, 0.25) is 11.9 Å². The van der Waals surface area contributed by atoms with Gasteiger partial charge in [-0.2, -0.15) is 46.6 Å². The predicted molar refractivity (Wildman–Crippen MR) is 415 cm³/mol. The molecule has 0 aliphatic heterocycles. The number of pyridine rings is 3. The number of anilines is 5. The van der Waals surface area contributed by atoms with Gasteiger partial charge in [0.15, 0.2) is 12.4 Å². The van der Waals surface area contributed by atoms with Crippen LogP contribution < -0.4 is 31.3 Å². The van der Waals surface area contributed by atoms with E-state index in [0.717, 1.165) is 72.9 Å². The lowest BCUT2D eigenvalue weighted by atomic mass is 9.54. The topological polar surface area (TPSA) is 350 Å². The molecule has 8 aromatic rings. The number of rotatable bonds is 26. The van der Waals surface area contributed by atoms with Crippen molar-refractivity contribution in [2.75, 3.05) is 39.8 Å². The Kier molecular flexibility index (Phi) is 28.3. The minimum absolute atomic E-state index is 0.0306. The molecule has 0 bridgehead atoms. The second-order valence-electron chi connectivity index (χ2n) is 33.0. The molecular formula is C82H102F10N20O4. The van der Waals surface area contributed by atoms with Gasteiger partial charge in [0.1, 0.15) is 64.3 Å². The zero-order chi connectivity index (χ0) is 85.3. The molecule has 4 saturated carbocycles. The number of nitriles is 2. The molecular weight excluding hydrogens is 1520 g/mol. The summed E-state index contributed by atoms with van der Waals surface area (Å²) in [5.41, 5.74) is 3.04. The third-order valence-electron chi connectivity index (χ3n) is 23.8. The molecule has 4 aliphatic rings. The van der Waals surface area contributed by atoms with E-state index in [4.69, 9.17) is 0 Å². The summed E-state index contributed by atoms with van der Waals surface area (Å²) in [6.45, 7) is 27.4. The molecule has 8 aromatic heterocycles. The first-order valence-corrected chi connectivity index (χ1v) is 38.5. The Balaban J connectivity index is 0.000000177. The van der Waals surface area contributed by atoms with E-state index >= 15 is 0 Å². The predicted octanol–water partition coefficient (Wildman–Crippen LogP) is 15.0. The Hall–Kier alpha value is -10.2. The highest BCUT2D eigenvalue weighted by Gasteiger charge is 2.52. The van der Waals surface area contributed by atoms with E-state index in [2.05, 4.69) is 154 Å². The van der Waals surface area contributed by atoms with Crippen LogP contribution in [0.15, 0.2) is 92.6 Å². The summed E-state index contributed by atoms with van der Waals surface area (Å²) in [7, 11) is 0. The highest BCUT2D eigenvalue weighted by Crippen LogP contribution is 2.53. The number of alkyl halides is 10. The molecule has 116 heavy (non-hydrogen) atoms. The van der Waals surface area contributed by atoms with Crippen LogP contribution in [0, 0.1) is 73.2 Å². The summed E-state index contributed by atoms with van der Waals surface area (Å²) in [5.74, 6) is -3.51. The largest absolute Gasteiger partial charge is 0.619 e. The molecule has 4 aliphatic carbocycles. The lowest BCUT2D eigenvalue weighted by molar-refractivity contribution is -0.606. The SMILES string of the molecule is CC(C)c1ncccc1CNc1ncc(C#N)c(N[C@H]2C[C@@H](CO)C2(C)C)n1.CC(F)(F)c1cc[n+]([O-])cc1CCc1ncc(C(F)(F)F)c(N[C@H]2C[C@@H](CO)C2(C)C)n1.CC(F)(F)c1ccncc1CCc1ncc(C(F)(F)F)c(N[C@H]2C[C@H](O)C2(C)C)n1.CCc1ncncc1CNc1ncc(C#N)c(C[C@H]2C[C@H](C)C2(C)C)n1. The molecule has 8 N–H and O–H groups in total. The fraction of sp³-hybridized carbons (Fsp3) is 0.549. The van der Waals surface area contributed by atoms with Gasteiger partial charge in [-0.25, -0.2) is 62.4 Å². The molecule has 0 amide bonds. The highest BCUT2D eigenvalue weighted by molar-refractivity contribution is 5.55. The number of halogens is 10. The van der Waals surface area contributed by atoms with E-state index in [-0.39, 0.29) is 120 Å². The van der Waals surface area contributed by atoms with Gasteiger partial charge >= 0.3 is 12.4 Å². The molecule has 12 rings (SSSR count). The molecule has 8 heterocycles. The number of hydrogen-bond acceptors (Lipinski definition) is 23. The number of aliphatic hydroxyl groups excluding tert-OH is 3. The minimum Gasteiger partial charge on any atom is -0.619 e. The number of nitrogens with one attached hydrogen (secondary N) is 5. The second-order valence-corrected chi connectivity index (χ2v) is 33.0. The summed E-state index contributed by atoms with van der Waals surface area (Å²) in [6, 6.07) is 10.0. The highest BCUT2D eigenvalue weighted by atomic mass is 19.4. The summed E-state index contributed by atoms with van der Waals surface area (Å²) in [5, 5.41) is 74.6. The van der Waals surface area contributed by atoms with E-state index in [1.165, 1.54) is 24.9 Å². The van der Waals surface area contributed by atoms with Crippen LogP contribution in [0.5, 0.6) is 0 Å². The zero-order valence-corrected chi connectivity index (χ0v) is 67.5. The molecule has 0 aromatic carbocycles. The monoisotopic (exact) mass is 1620 g/mol. The Morgan fingerprint density at radius 3 is 1.55 bits per heavy atom. The maximum absolute atomic E-state index is 13.8. The standard InChI is InChI=1S/C21H25F5N4O2.C21H28N6O.C20H23F5N4O.C20H26N6/c1-19(2)13(11-31)8-16(19)28-18-15(21(24,25)26)9-27-17(29-18)5-4-12-10-30(32)7-6-14(12)20(3,22)23;1-13(2)18-14(6-5-7-23-18)10-24-20-25-11-15(9-22)19(27-20)26-17-8-16(12-28)21(17,3)4;1-18(2)14(8-15(18)30)28-17-13(20(23,24)25)10-27-16(29-17)5-4-11-9-26-7-6-12(11)19(3,21)22;1-5-17-15(9-22-12-25-17)11-24-19-23-10-14(8-21)18(26-19)7-16-6-13(2)20(16,3)4/h6-7,9-10,13,16,31H,4-5,8,11H2,1-3H3,(H,27,28,29);5-7,11,13,16-17,28H,8,10,12H2,1-4H3,(H2,24,25,26,27);6-7,9-10,14-15,30H,4-5,8H2,1-3H3,(H,27,28,29);9-10,12-13,16H,5-7,11H2,1-4H3,(H,23,24,26)/t13-,16-;16-,17-;14-,15-;13-,16+/m0000/s1. The van der Waals surface area contributed by atoms with Gasteiger partial charge in [0.05, 0.1) is 29.8 Å². The number of hydrogen-bond donors (Lipinski definition) is 8. The Labute approximate surface area is 668 Å². The van der Waals surface area contributed by atoms with E-state index in [1.54, 1.807) is 38.8 Å². The molecule has 0 saturated heterocycles. The zero-order valence-electron chi connectivity index (χ0n) is 67.5.